The summed E-state index contributed by atoms with van der Waals surface area (Å²) in [6.45, 7) is 3.86. The molecule has 9 heteroatoms. The van der Waals surface area contributed by atoms with Crippen LogP contribution < -0.4 is 16.2 Å². The maximum atomic E-state index is 12.8. The lowest BCUT2D eigenvalue weighted by atomic mass is 10.3. The van der Waals surface area contributed by atoms with E-state index in [-0.39, 0.29) is 11.8 Å². The second-order valence-electron chi connectivity index (χ2n) is 4.81. The Hall–Kier alpha value is -1.61. The molecule has 0 aromatic carbocycles. The summed E-state index contributed by atoms with van der Waals surface area (Å²) >= 11 is 0. The maximum Gasteiger partial charge on any atom is 0.433 e. The van der Waals surface area contributed by atoms with E-state index in [0.29, 0.717) is 13.1 Å². The molecule has 0 bridgehead atoms. The third-order valence-corrected chi connectivity index (χ3v) is 2.87. The summed E-state index contributed by atoms with van der Waals surface area (Å²) in [4.78, 5) is 11.1. The molecule has 21 heavy (non-hydrogen) atoms. The van der Waals surface area contributed by atoms with Crippen LogP contribution in [-0.4, -0.2) is 48.6 Å². The molecule has 0 saturated heterocycles. The van der Waals surface area contributed by atoms with Crippen molar-refractivity contribution in [2.45, 2.75) is 19.5 Å². The van der Waals surface area contributed by atoms with Gasteiger partial charge in [-0.3, -0.25) is 5.43 Å². The third kappa shape index (κ3) is 5.35. The zero-order valence-electron chi connectivity index (χ0n) is 12.4. The van der Waals surface area contributed by atoms with Gasteiger partial charge in [0.25, 0.3) is 0 Å². The molecule has 0 radical (unpaired) electrons. The second-order valence-corrected chi connectivity index (χ2v) is 4.81. The Bertz CT molecular complexity index is 449. The largest absolute Gasteiger partial charge is 0.433 e. The minimum Gasteiger partial charge on any atom is -0.357 e. The van der Waals surface area contributed by atoms with E-state index in [1.165, 1.54) is 0 Å². The Labute approximate surface area is 122 Å². The Morgan fingerprint density at radius 1 is 1.24 bits per heavy atom. The number of nitrogen functional groups attached to an aromatic ring is 1. The SMILES string of the molecule is CCN(CCCN(C)C)c1cc(C(F)(F)F)nc(NN)n1. The van der Waals surface area contributed by atoms with Gasteiger partial charge in [-0.05, 0) is 34.0 Å². The van der Waals surface area contributed by atoms with Crippen LogP contribution in [0.5, 0.6) is 0 Å². The Morgan fingerprint density at radius 2 is 1.90 bits per heavy atom. The molecule has 0 aliphatic carbocycles. The van der Waals surface area contributed by atoms with E-state index in [4.69, 9.17) is 5.84 Å². The number of aromatic nitrogens is 2. The summed E-state index contributed by atoms with van der Waals surface area (Å²) in [7, 11) is 3.89. The average molecular weight is 306 g/mol. The van der Waals surface area contributed by atoms with Gasteiger partial charge >= 0.3 is 6.18 Å². The van der Waals surface area contributed by atoms with Crippen molar-refractivity contribution in [3.63, 3.8) is 0 Å². The molecule has 0 atom stereocenters. The molecular formula is C12H21F3N6. The molecule has 3 N–H and O–H groups in total. The molecule has 0 spiro atoms. The van der Waals surface area contributed by atoms with E-state index in [2.05, 4.69) is 15.4 Å². The first-order valence-corrected chi connectivity index (χ1v) is 6.60. The molecule has 1 aromatic rings. The number of hydrogen-bond donors (Lipinski definition) is 2. The van der Waals surface area contributed by atoms with Crippen molar-refractivity contribution in [2.75, 3.05) is 44.1 Å². The van der Waals surface area contributed by atoms with Gasteiger partial charge in [0, 0.05) is 19.2 Å². The van der Waals surface area contributed by atoms with E-state index in [0.717, 1.165) is 19.0 Å². The third-order valence-electron chi connectivity index (χ3n) is 2.87. The van der Waals surface area contributed by atoms with Crippen LogP contribution in [0.15, 0.2) is 6.07 Å². The molecule has 1 aromatic heterocycles. The number of anilines is 2. The van der Waals surface area contributed by atoms with Crippen molar-refractivity contribution in [1.82, 2.24) is 14.9 Å². The summed E-state index contributed by atoms with van der Waals surface area (Å²) < 4.78 is 38.5. The van der Waals surface area contributed by atoms with Crippen molar-refractivity contribution >= 4 is 11.8 Å². The molecule has 0 aliphatic rings. The lowest BCUT2D eigenvalue weighted by molar-refractivity contribution is -0.141. The van der Waals surface area contributed by atoms with Crippen molar-refractivity contribution in [2.24, 2.45) is 5.84 Å². The Balaban J connectivity index is 2.97. The molecule has 0 fully saturated rings. The molecule has 6 nitrogen and oxygen atoms in total. The van der Waals surface area contributed by atoms with Crippen LogP contribution in [0.3, 0.4) is 0 Å². The molecular weight excluding hydrogens is 285 g/mol. The standard InChI is InChI=1S/C12H21F3N6/c1-4-21(7-5-6-20(2)3)10-8-9(12(13,14)15)17-11(18-10)19-16/h8H,4-7,16H2,1-3H3,(H,17,18,19). The van der Waals surface area contributed by atoms with Gasteiger partial charge in [-0.2, -0.15) is 18.2 Å². The Kier molecular flexibility index (Phi) is 6.16. The van der Waals surface area contributed by atoms with Gasteiger partial charge in [-0.1, -0.05) is 0 Å². The monoisotopic (exact) mass is 306 g/mol. The van der Waals surface area contributed by atoms with Crippen molar-refractivity contribution < 1.29 is 13.2 Å². The summed E-state index contributed by atoms with van der Waals surface area (Å²) in [6.07, 6.45) is -3.72. The zero-order chi connectivity index (χ0) is 16.0. The lowest BCUT2D eigenvalue weighted by Gasteiger charge is -2.24. The predicted molar refractivity (Wildman–Crippen MR) is 75.9 cm³/mol. The first kappa shape index (κ1) is 17.4. The minimum absolute atomic E-state index is 0.214. The van der Waals surface area contributed by atoms with Crippen LogP contribution in [0.4, 0.5) is 24.9 Å². The summed E-state index contributed by atoms with van der Waals surface area (Å²) in [5.74, 6) is 5.11. The molecule has 0 aliphatic heterocycles. The highest BCUT2D eigenvalue weighted by molar-refractivity contribution is 5.45. The van der Waals surface area contributed by atoms with E-state index in [1.54, 1.807) is 4.90 Å². The second kappa shape index (κ2) is 7.41. The van der Waals surface area contributed by atoms with Gasteiger partial charge in [0.05, 0.1) is 0 Å². The quantitative estimate of drug-likeness (QED) is 0.588. The van der Waals surface area contributed by atoms with Crippen LogP contribution in [0.25, 0.3) is 0 Å². The number of nitrogens with two attached hydrogens (primary N) is 1. The zero-order valence-corrected chi connectivity index (χ0v) is 12.4. The first-order chi connectivity index (χ1) is 9.77. The fourth-order valence-electron chi connectivity index (χ4n) is 1.82. The normalized spacial score (nSPS) is 11.8. The highest BCUT2D eigenvalue weighted by atomic mass is 19.4. The van der Waals surface area contributed by atoms with Gasteiger partial charge in [0.2, 0.25) is 5.95 Å². The number of rotatable bonds is 7. The highest BCUT2D eigenvalue weighted by Crippen LogP contribution is 2.30. The molecule has 0 saturated carbocycles. The smallest absolute Gasteiger partial charge is 0.357 e. The van der Waals surface area contributed by atoms with Crippen LogP contribution in [0, 0.1) is 0 Å². The van der Waals surface area contributed by atoms with Gasteiger partial charge in [-0.25, -0.2) is 10.8 Å². The molecule has 1 rings (SSSR count). The van der Waals surface area contributed by atoms with Gasteiger partial charge < -0.3 is 9.80 Å². The van der Waals surface area contributed by atoms with E-state index in [9.17, 15) is 13.2 Å². The van der Waals surface area contributed by atoms with Crippen LogP contribution in [0.1, 0.15) is 19.0 Å². The van der Waals surface area contributed by atoms with E-state index >= 15 is 0 Å². The van der Waals surface area contributed by atoms with Crippen molar-refractivity contribution in [3.8, 4) is 0 Å². The average Bonchev–Trinajstić information content (AvgIpc) is 2.41. The topological polar surface area (TPSA) is 70.3 Å². The highest BCUT2D eigenvalue weighted by Gasteiger charge is 2.34. The fraction of sp³-hybridized carbons (Fsp3) is 0.667. The number of nitrogens with zero attached hydrogens (tertiary/aromatic N) is 4. The Morgan fingerprint density at radius 3 is 2.38 bits per heavy atom. The lowest BCUT2D eigenvalue weighted by Crippen LogP contribution is -2.29. The number of alkyl halides is 3. The summed E-state index contributed by atoms with van der Waals surface area (Å²) in [5, 5.41) is 0. The number of hydrogen-bond acceptors (Lipinski definition) is 6. The van der Waals surface area contributed by atoms with Crippen molar-refractivity contribution in [1.29, 1.82) is 0 Å². The molecule has 1 heterocycles. The molecule has 120 valence electrons. The van der Waals surface area contributed by atoms with E-state index < -0.39 is 11.9 Å². The number of hydrazine groups is 1. The molecule has 0 unspecified atom stereocenters. The van der Waals surface area contributed by atoms with Crippen LogP contribution >= 0.6 is 0 Å². The summed E-state index contributed by atoms with van der Waals surface area (Å²) in [6, 6.07) is 0.944. The van der Waals surface area contributed by atoms with Gasteiger partial charge in [-0.15, -0.1) is 0 Å². The van der Waals surface area contributed by atoms with Crippen molar-refractivity contribution in [3.05, 3.63) is 11.8 Å². The van der Waals surface area contributed by atoms with Crippen LogP contribution in [-0.2, 0) is 6.18 Å². The minimum atomic E-state index is -4.54. The fourth-order valence-corrected chi connectivity index (χ4v) is 1.82. The van der Waals surface area contributed by atoms with Gasteiger partial charge in [0.15, 0.2) is 5.69 Å². The predicted octanol–water partition coefficient (Wildman–Crippen LogP) is 1.56. The number of nitrogens with one attached hydrogen (secondary N) is 1. The van der Waals surface area contributed by atoms with Crippen LogP contribution in [0.2, 0.25) is 0 Å². The van der Waals surface area contributed by atoms with E-state index in [1.807, 2.05) is 25.9 Å². The molecule has 0 amide bonds. The first-order valence-electron chi connectivity index (χ1n) is 6.60. The number of halogens is 3. The maximum absolute atomic E-state index is 12.8. The summed E-state index contributed by atoms with van der Waals surface area (Å²) in [5.41, 5.74) is 1.07. The van der Waals surface area contributed by atoms with Gasteiger partial charge in [0.1, 0.15) is 5.82 Å².